The number of rotatable bonds is 7. The van der Waals surface area contributed by atoms with Gasteiger partial charge in [0.2, 0.25) is 0 Å². The first-order valence-electron chi connectivity index (χ1n) is 12.0. The zero-order valence-corrected chi connectivity index (χ0v) is 20.4. The van der Waals surface area contributed by atoms with Gasteiger partial charge in [0, 0.05) is 41.6 Å². The van der Waals surface area contributed by atoms with Crippen molar-refractivity contribution in [2.75, 3.05) is 13.1 Å². The van der Waals surface area contributed by atoms with E-state index < -0.39 is 10.3 Å². The van der Waals surface area contributed by atoms with Crippen LogP contribution in [0.15, 0.2) is 29.4 Å². The molecule has 1 aromatic heterocycles. The summed E-state index contributed by atoms with van der Waals surface area (Å²) < 4.78 is 30.2. The van der Waals surface area contributed by atoms with E-state index in [0.29, 0.717) is 17.3 Å². The molecule has 0 atom stereocenters. The number of para-hydroxylation sites is 1. The second-order valence-corrected chi connectivity index (χ2v) is 11.0. The molecular weight excluding hydrogens is 440 g/mol. The van der Waals surface area contributed by atoms with Gasteiger partial charge in [-0.15, -0.1) is 0 Å². The van der Waals surface area contributed by atoms with E-state index in [1.54, 1.807) is 0 Å². The molecule has 8 nitrogen and oxygen atoms in total. The molecule has 3 N–H and O–H groups in total. The van der Waals surface area contributed by atoms with Crippen LogP contribution in [0.5, 0.6) is 0 Å². The number of aromatic nitrogens is 1. The summed E-state index contributed by atoms with van der Waals surface area (Å²) in [5, 5.41) is 18.5. The van der Waals surface area contributed by atoms with Gasteiger partial charge in [0.1, 0.15) is 6.61 Å². The zero-order valence-electron chi connectivity index (χ0n) is 19.6. The molecule has 0 unspecified atom stereocenters. The lowest BCUT2D eigenvalue weighted by atomic mass is 9.79. The third-order valence-corrected chi connectivity index (χ3v) is 8.11. The van der Waals surface area contributed by atoms with Gasteiger partial charge < -0.3 is 14.7 Å². The molecular formula is C24H36N4O4S. The largest absolute Gasteiger partial charge is 0.411 e. The maximum absolute atomic E-state index is 11.5. The Bertz CT molecular complexity index is 1080. The van der Waals surface area contributed by atoms with Crippen molar-refractivity contribution in [3.63, 3.8) is 0 Å². The van der Waals surface area contributed by atoms with Crippen LogP contribution in [0.25, 0.3) is 10.9 Å². The van der Waals surface area contributed by atoms with Gasteiger partial charge in [0.05, 0.1) is 11.9 Å². The Balaban J connectivity index is 1.56. The molecule has 4 rings (SSSR count). The molecule has 2 fully saturated rings. The van der Waals surface area contributed by atoms with E-state index in [0.717, 1.165) is 48.7 Å². The number of likely N-dealkylation sites (tertiary alicyclic amines) is 1. The molecule has 1 aliphatic carbocycles. The number of nitrogens with two attached hydrogens (primary N) is 1. The third-order valence-electron chi connectivity index (χ3n) is 7.67. The van der Waals surface area contributed by atoms with Crippen molar-refractivity contribution < 1.29 is 17.8 Å². The molecule has 0 radical (unpaired) electrons. The Morgan fingerprint density at radius 1 is 1.12 bits per heavy atom. The first-order chi connectivity index (χ1) is 15.8. The van der Waals surface area contributed by atoms with Crippen molar-refractivity contribution in [3.8, 4) is 0 Å². The molecule has 2 heterocycles. The first kappa shape index (κ1) is 24.2. The summed E-state index contributed by atoms with van der Waals surface area (Å²) in [5.74, 6) is 1.63. The molecule has 1 saturated heterocycles. The molecule has 2 aliphatic rings. The Hall–Kier alpha value is -1.94. The predicted octanol–water partition coefficient (Wildman–Crippen LogP) is 4.02. The number of hydrogen-bond acceptors (Lipinski definition) is 6. The summed E-state index contributed by atoms with van der Waals surface area (Å²) in [5.41, 5.74) is 2.31. The van der Waals surface area contributed by atoms with Crippen LogP contribution < -0.4 is 5.14 Å². The number of piperidine rings is 1. The van der Waals surface area contributed by atoms with Crippen LogP contribution in [0, 0.1) is 11.8 Å². The Labute approximate surface area is 196 Å². The maximum Gasteiger partial charge on any atom is 0.333 e. The van der Waals surface area contributed by atoms with Crippen LogP contribution in [0.1, 0.15) is 69.7 Å². The quantitative estimate of drug-likeness (QED) is 0.356. The zero-order chi connectivity index (χ0) is 23.6. The van der Waals surface area contributed by atoms with E-state index >= 15 is 0 Å². The highest BCUT2D eigenvalue weighted by molar-refractivity contribution is 7.84. The second kappa shape index (κ2) is 10.1. The number of nitrogens with zero attached hydrogens (tertiary/aromatic N) is 3. The minimum absolute atomic E-state index is 0.200. The summed E-state index contributed by atoms with van der Waals surface area (Å²) in [7, 11) is -4.10. The fourth-order valence-corrected chi connectivity index (χ4v) is 6.16. The van der Waals surface area contributed by atoms with Gasteiger partial charge in [-0.25, -0.2) is 5.14 Å². The Morgan fingerprint density at radius 3 is 2.39 bits per heavy atom. The highest BCUT2D eigenvalue weighted by atomic mass is 32.2. The number of oxime groups is 1. The predicted molar refractivity (Wildman–Crippen MR) is 130 cm³/mol. The molecule has 33 heavy (non-hydrogen) atoms. The molecule has 1 aromatic carbocycles. The van der Waals surface area contributed by atoms with Crippen molar-refractivity contribution in [2.24, 2.45) is 22.1 Å². The average molecular weight is 477 g/mol. The summed E-state index contributed by atoms with van der Waals surface area (Å²) in [6, 6.07) is 8.73. The van der Waals surface area contributed by atoms with Crippen LogP contribution in [-0.4, -0.2) is 48.4 Å². The molecule has 2 aromatic rings. The van der Waals surface area contributed by atoms with Crippen LogP contribution >= 0.6 is 0 Å². The fourth-order valence-electron chi connectivity index (χ4n) is 5.89. The molecule has 0 amide bonds. The van der Waals surface area contributed by atoms with E-state index in [-0.39, 0.29) is 12.6 Å². The fraction of sp³-hybridized carbons (Fsp3) is 0.625. The summed E-state index contributed by atoms with van der Waals surface area (Å²) >= 11 is 0. The van der Waals surface area contributed by atoms with E-state index in [4.69, 9.17) is 9.32 Å². The number of hydrogen-bond donors (Lipinski definition) is 2. The molecule has 0 bridgehead atoms. The molecule has 1 aliphatic heterocycles. The van der Waals surface area contributed by atoms with Crippen LogP contribution in [0.4, 0.5) is 0 Å². The molecule has 1 saturated carbocycles. The van der Waals surface area contributed by atoms with Crippen molar-refractivity contribution in [3.05, 3.63) is 35.5 Å². The van der Waals surface area contributed by atoms with E-state index in [1.807, 2.05) is 24.3 Å². The number of fused-ring (bicyclic) bond motifs is 1. The van der Waals surface area contributed by atoms with Gasteiger partial charge in [-0.3, -0.25) is 4.18 Å². The van der Waals surface area contributed by atoms with Gasteiger partial charge >= 0.3 is 10.3 Å². The van der Waals surface area contributed by atoms with E-state index in [2.05, 4.69) is 28.5 Å². The van der Waals surface area contributed by atoms with Gasteiger partial charge in [0.25, 0.3) is 0 Å². The lowest BCUT2D eigenvalue weighted by Crippen LogP contribution is -2.44. The molecule has 0 spiro atoms. The SMILES string of the molecule is CC(C)C1CCC(N2CCC(n3c(COS(N)(=O)=O)c(C=NO)c4ccccc43)CC2)CC1. The van der Waals surface area contributed by atoms with Crippen LogP contribution in [0.3, 0.4) is 0 Å². The average Bonchev–Trinajstić information content (AvgIpc) is 3.11. The Kier molecular flexibility index (Phi) is 7.43. The van der Waals surface area contributed by atoms with Crippen molar-refractivity contribution in [2.45, 2.75) is 71.1 Å². The van der Waals surface area contributed by atoms with Gasteiger partial charge in [-0.05, 0) is 56.4 Å². The van der Waals surface area contributed by atoms with E-state index in [9.17, 15) is 13.6 Å². The van der Waals surface area contributed by atoms with Gasteiger partial charge in [-0.1, -0.05) is 37.2 Å². The maximum atomic E-state index is 11.5. The van der Waals surface area contributed by atoms with Gasteiger partial charge in [-0.2, -0.15) is 8.42 Å². The highest BCUT2D eigenvalue weighted by Gasteiger charge is 2.32. The minimum atomic E-state index is -4.10. The monoisotopic (exact) mass is 476 g/mol. The van der Waals surface area contributed by atoms with Crippen LogP contribution in [-0.2, 0) is 21.1 Å². The topological polar surface area (TPSA) is 110 Å². The number of benzene rings is 1. The minimum Gasteiger partial charge on any atom is -0.411 e. The summed E-state index contributed by atoms with van der Waals surface area (Å²) in [6.45, 7) is 6.52. The highest BCUT2D eigenvalue weighted by Crippen LogP contribution is 2.37. The molecule has 182 valence electrons. The second-order valence-electron chi connectivity index (χ2n) is 9.83. The standard InChI is InChI=1S/C24H36N4O4S/c1-17(2)18-7-9-19(10-8-18)27-13-11-20(12-14-27)28-23-6-4-3-5-21(23)22(15-26-29)24(28)16-32-33(25,30)31/h3-6,15,17-20,29H,7-14,16H2,1-2H3,(H2,25,30,31). The lowest BCUT2D eigenvalue weighted by Gasteiger charge is -2.42. The van der Waals surface area contributed by atoms with Crippen molar-refractivity contribution in [1.82, 2.24) is 9.47 Å². The smallest absolute Gasteiger partial charge is 0.333 e. The van der Waals surface area contributed by atoms with Crippen LogP contribution in [0.2, 0.25) is 0 Å². The lowest BCUT2D eigenvalue weighted by molar-refractivity contribution is 0.0884. The summed E-state index contributed by atoms with van der Waals surface area (Å²) in [6.07, 6.45) is 8.51. The van der Waals surface area contributed by atoms with Crippen molar-refractivity contribution >= 4 is 27.4 Å². The Morgan fingerprint density at radius 2 is 1.79 bits per heavy atom. The third kappa shape index (κ3) is 5.42. The molecule has 9 heteroatoms. The normalized spacial score (nSPS) is 23.8. The van der Waals surface area contributed by atoms with E-state index in [1.165, 1.54) is 31.9 Å². The van der Waals surface area contributed by atoms with Crippen molar-refractivity contribution in [1.29, 1.82) is 0 Å². The van der Waals surface area contributed by atoms with Gasteiger partial charge in [0.15, 0.2) is 0 Å². The summed E-state index contributed by atoms with van der Waals surface area (Å²) in [4.78, 5) is 2.65. The first-order valence-corrected chi connectivity index (χ1v) is 13.5.